The highest BCUT2D eigenvalue weighted by Gasteiger charge is 2.49. The van der Waals surface area contributed by atoms with Crippen molar-refractivity contribution in [3.63, 3.8) is 0 Å². The molecule has 1 amide bonds. The van der Waals surface area contributed by atoms with Gasteiger partial charge in [-0.05, 0) is 88.3 Å². The van der Waals surface area contributed by atoms with Crippen LogP contribution in [0.1, 0.15) is 111 Å². The Bertz CT molecular complexity index is 1420. The van der Waals surface area contributed by atoms with E-state index in [4.69, 9.17) is 14.0 Å². The quantitative estimate of drug-likeness (QED) is 0.127. The van der Waals surface area contributed by atoms with Crippen molar-refractivity contribution >= 4 is 13.5 Å². The molecule has 2 aromatic rings. The predicted octanol–water partition coefficient (Wildman–Crippen LogP) is 11.2. The lowest BCUT2D eigenvalue weighted by molar-refractivity contribution is -0.139. The van der Waals surface area contributed by atoms with Crippen LogP contribution in [0.4, 0.5) is 31.1 Å². The zero-order valence-corrected chi connectivity index (χ0v) is 31.1. The van der Waals surface area contributed by atoms with Crippen molar-refractivity contribution < 1.29 is 49.7 Å². The van der Waals surface area contributed by atoms with E-state index in [1.807, 2.05) is 48.5 Å². The van der Waals surface area contributed by atoms with Gasteiger partial charge in [-0.25, -0.2) is 4.79 Å². The third-order valence-corrected chi connectivity index (χ3v) is 12.1. The number of nitrogens with one attached hydrogen (secondary N) is 1. The van der Waals surface area contributed by atoms with Gasteiger partial charge < -0.3 is 19.3 Å². The highest BCUT2D eigenvalue weighted by Crippen LogP contribution is 2.67. The van der Waals surface area contributed by atoms with E-state index in [1.54, 1.807) is 20.8 Å². The second-order valence-electron chi connectivity index (χ2n) is 15.4. The van der Waals surface area contributed by atoms with Crippen LogP contribution in [0.3, 0.4) is 0 Å². The summed E-state index contributed by atoms with van der Waals surface area (Å²) in [4.78, 5) is 13.0. The zero-order chi connectivity index (χ0) is 37.7. The van der Waals surface area contributed by atoms with Crippen LogP contribution in [0.25, 0.3) is 0 Å². The van der Waals surface area contributed by atoms with Gasteiger partial charge in [-0.3, -0.25) is 4.57 Å². The number of aryl methyl sites for hydroxylation is 2. The van der Waals surface area contributed by atoms with Crippen LogP contribution in [-0.2, 0) is 39.0 Å². The second kappa shape index (κ2) is 15.7. The van der Waals surface area contributed by atoms with Gasteiger partial charge in [0.25, 0.3) is 0 Å². The Morgan fingerprint density at radius 1 is 0.776 bits per heavy atom. The number of carbonyl (C=O) groups is 1. The first-order valence-electron chi connectivity index (χ1n) is 16.4. The van der Waals surface area contributed by atoms with Crippen LogP contribution in [0.2, 0.25) is 0 Å². The first-order valence-corrected chi connectivity index (χ1v) is 18.0. The molecule has 0 radical (unpaired) electrons. The highest BCUT2D eigenvalue weighted by molar-refractivity contribution is 7.62. The summed E-state index contributed by atoms with van der Waals surface area (Å²) >= 11 is 0. The van der Waals surface area contributed by atoms with Crippen molar-refractivity contribution in [2.75, 3.05) is 13.2 Å². The van der Waals surface area contributed by atoms with Gasteiger partial charge in [-0.15, -0.1) is 0 Å². The fourth-order valence-corrected chi connectivity index (χ4v) is 8.66. The fraction of sp³-hybridized carbons (Fsp3) is 0.639. The number of alkyl carbamates (subject to hydrolysis) is 1. The molecule has 0 aliphatic carbocycles. The summed E-state index contributed by atoms with van der Waals surface area (Å²) in [6, 6.07) is 8.38. The molecule has 2 rings (SSSR count). The number of hydrogen-bond acceptors (Lipinski definition) is 5. The maximum atomic E-state index is 14.3. The van der Waals surface area contributed by atoms with E-state index in [2.05, 4.69) is 5.32 Å². The zero-order valence-electron chi connectivity index (χ0n) is 30.2. The number of amides is 1. The predicted molar refractivity (Wildman–Crippen MR) is 180 cm³/mol. The van der Waals surface area contributed by atoms with Gasteiger partial charge in [-0.1, -0.05) is 66.7 Å². The Labute approximate surface area is 287 Å². The molecule has 0 saturated heterocycles. The summed E-state index contributed by atoms with van der Waals surface area (Å²) in [5.41, 5.74) is -2.74. The van der Waals surface area contributed by atoms with E-state index in [-0.39, 0.29) is 38.2 Å². The molecule has 0 bridgehead atoms. The molecule has 0 aliphatic rings. The Kier molecular flexibility index (Phi) is 13.6. The molecule has 13 heteroatoms. The van der Waals surface area contributed by atoms with Gasteiger partial charge >= 0.3 is 18.4 Å². The minimum Gasteiger partial charge on any atom is -0.493 e. The number of benzene rings is 2. The lowest BCUT2D eigenvalue weighted by Crippen LogP contribution is -2.53. The van der Waals surface area contributed by atoms with Crippen molar-refractivity contribution in [1.29, 1.82) is 0 Å². The van der Waals surface area contributed by atoms with Gasteiger partial charge in [0.15, 0.2) is 0 Å². The summed E-state index contributed by atoms with van der Waals surface area (Å²) in [6.45, 7) is 17.6. The molecule has 1 N–H and O–H groups in total. The van der Waals surface area contributed by atoms with E-state index < -0.39 is 58.4 Å². The Hall–Kier alpha value is -2.72. The van der Waals surface area contributed by atoms with Gasteiger partial charge in [0, 0.05) is 10.3 Å². The lowest BCUT2D eigenvalue weighted by Gasteiger charge is -2.43. The summed E-state index contributed by atoms with van der Waals surface area (Å²) < 4.78 is 113. The summed E-state index contributed by atoms with van der Waals surface area (Å²) in [5.74, 6) is -0.364. The maximum Gasteiger partial charge on any atom is 0.419 e. The molecule has 0 heterocycles. The van der Waals surface area contributed by atoms with E-state index in [0.717, 1.165) is 18.2 Å². The maximum absolute atomic E-state index is 14.3. The number of alkyl halides is 6. The largest absolute Gasteiger partial charge is 0.493 e. The summed E-state index contributed by atoms with van der Waals surface area (Å²) in [7, 11) is -3.36. The van der Waals surface area contributed by atoms with E-state index in [1.165, 1.54) is 24.3 Å². The van der Waals surface area contributed by atoms with Crippen molar-refractivity contribution in [2.24, 2.45) is 0 Å². The average Bonchev–Trinajstić information content (AvgIpc) is 2.94. The minimum absolute atomic E-state index is 0.0822. The van der Waals surface area contributed by atoms with E-state index >= 15 is 0 Å². The first-order chi connectivity index (χ1) is 22.1. The molecule has 1 unspecified atom stereocenters. The summed E-state index contributed by atoms with van der Waals surface area (Å²) in [6.07, 6.45) is -8.73. The normalized spacial score (nSPS) is 14.7. The molecule has 0 fully saturated rings. The Balaban J connectivity index is 2.28. The van der Waals surface area contributed by atoms with Crippen LogP contribution >= 0.6 is 7.37 Å². The first kappa shape index (κ1) is 42.4. The van der Waals surface area contributed by atoms with Crippen LogP contribution in [0.15, 0.2) is 42.5 Å². The molecule has 0 aliphatic heterocycles. The topological polar surface area (TPSA) is 73.9 Å². The fourth-order valence-electron chi connectivity index (χ4n) is 5.45. The molecule has 49 heavy (non-hydrogen) atoms. The Morgan fingerprint density at radius 3 is 1.80 bits per heavy atom. The minimum atomic E-state index is -4.73. The molecule has 0 saturated carbocycles. The SMILES string of the molecule is CCC(CCc1ccc(OCCCc2ccc(C(F)(F)F)cc2)c(C(F)(F)F)c1)(COP(=O)(C(C)(C)C)C(C)(C)C)NC(=O)OC(C)(C)C. The van der Waals surface area contributed by atoms with E-state index in [9.17, 15) is 35.7 Å². The molecular formula is C36H52F6NO5P. The van der Waals surface area contributed by atoms with Crippen molar-refractivity contribution in [1.82, 2.24) is 5.32 Å². The molecule has 278 valence electrons. The number of carbonyl (C=O) groups excluding carboxylic acids is 1. The Morgan fingerprint density at radius 2 is 1.33 bits per heavy atom. The van der Waals surface area contributed by atoms with Gasteiger partial charge in [0.05, 0.1) is 29.9 Å². The van der Waals surface area contributed by atoms with Crippen molar-refractivity contribution in [3.8, 4) is 5.75 Å². The monoisotopic (exact) mass is 723 g/mol. The van der Waals surface area contributed by atoms with Gasteiger partial charge in [-0.2, -0.15) is 26.3 Å². The molecular weight excluding hydrogens is 671 g/mol. The lowest BCUT2D eigenvalue weighted by atomic mass is 9.89. The number of halogens is 6. The molecule has 1 atom stereocenters. The van der Waals surface area contributed by atoms with Crippen LogP contribution in [0.5, 0.6) is 5.75 Å². The number of hydrogen-bond donors (Lipinski definition) is 1. The van der Waals surface area contributed by atoms with Crippen LogP contribution in [-0.4, -0.2) is 40.8 Å². The average molecular weight is 724 g/mol. The van der Waals surface area contributed by atoms with Crippen LogP contribution in [0, 0.1) is 0 Å². The third-order valence-electron chi connectivity index (χ3n) is 8.12. The van der Waals surface area contributed by atoms with E-state index in [0.29, 0.717) is 24.0 Å². The number of rotatable bonds is 13. The van der Waals surface area contributed by atoms with Crippen LogP contribution < -0.4 is 10.1 Å². The molecule has 0 spiro atoms. The smallest absolute Gasteiger partial charge is 0.419 e. The third kappa shape index (κ3) is 12.2. The molecule has 0 aromatic heterocycles. The molecule has 2 aromatic carbocycles. The van der Waals surface area contributed by atoms with Crippen molar-refractivity contribution in [3.05, 3.63) is 64.7 Å². The van der Waals surface area contributed by atoms with Crippen molar-refractivity contribution in [2.45, 2.75) is 135 Å². The second-order valence-corrected chi connectivity index (χ2v) is 19.4. The highest BCUT2D eigenvalue weighted by atomic mass is 31.2. The standard InChI is InChI=1S/C36H52F6NO5P/c1-11-34(43-30(44)48-31(2,3)4,24-47-49(45,32(5,6)7)33(8,9)10)21-20-26-16-19-29(28(23-26)36(40,41)42)46-22-12-13-25-14-17-27(18-15-25)35(37,38)39/h14-19,23H,11-13,20-22,24H2,1-10H3,(H,43,44). The summed E-state index contributed by atoms with van der Waals surface area (Å²) in [5, 5.41) is 1.43. The molecule has 6 nitrogen and oxygen atoms in total. The number of ether oxygens (including phenoxy) is 2. The van der Waals surface area contributed by atoms with Gasteiger partial charge in [0.2, 0.25) is 7.37 Å². The van der Waals surface area contributed by atoms with Gasteiger partial charge in [0.1, 0.15) is 11.4 Å².